The average Bonchev–Trinajstić information content (AvgIpc) is 2.37. The molecular formula is C15H23OS. The van der Waals surface area contributed by atoms with Crippen molar-refractivity contribution in [2.75, 3.05) is 5.75 Å². The van der Waals surface area contributed by atoms with Gasteiger partial charge in [0.2, 0.25) is 0 Å². The van der Waals surface area contributed by atoms with Gasteiger partial charge in [0.15, 0.2) is 4.90 Å². The summed E-state index contributed by atoms with van der Waals surface area (Å²) in [7, 11) is 0. The second kappa shape index (κ2) is 8.60. The molecule has 1 rings (SSSR count). The maximum absolute atomic E-state index is 12.0. The fourth-order valence-electron chi connectivity index (χ4n) is 1.77. The van der Waals surface area contributed by atoms with Crippen molar-refractivity contribution in [2.24, 2.45) is 0 Å². The summed E-state index contributed by atoms with van der Waals surface area (Å²) in [5.41, 5.74) is 1.29. The molecule has 0 aliphatic carbocycles. The first-order valence-corrected chi connectivity index (χ1v) is 7.86. The van der Waals surface area contributed by atoms with Gasteiger partial charge in [0, 0.05) is 0 Å². The Morgan fingerprint density at radius 1 is 1.24 bits per heavy atom. The van der Waals surface area contributed by atoms with E-state index in [1.54, 1.807) is 0 Å². The average molecular weight is 251 g/mol. The first-order chi connectivity index (χ1) is 8.27. The summed E-state index contributed by atoms with van der Waals surface area (Å²) in [6, 6.07) is 8.21. The summed E-state index contributed by atoms with van der Waals surface area (Å²) < 4.78 is 12.0. The van der Waals surface area contributed by atoms with Crippen molar-refractivity contribution in [1.29, 1.82) is 0 Å². The van der Waals surface area contributed by atoms with Crippen LogP contribution in [0.1, 0.15) is 44.6 Å². The van der Waals surface area contributed by atoms with E-state index in [2.05, 4.69) is 26.0 Å². The molecule has 1 radical (unpaired) electrons. The van der Waals surface area contributed by atoms with Crippen LogP contribution in [-0.4, -0.2) is 10.3 Å². The Morgan fingerprint density at radius 3 is 2.76 bits per heavy atom. The van der Waals surface area contributed by atoms with E-state index in [0.29, 0.717) is 0 Å². The fourth-order valence-corrected chi connectivity index (χ4v) is 2.99. The molecule has 0 amide bonds. The quantitative estimate of drug-likeness (QED) is 0.503. The van der Waals surface area contributed by atoms with Crippen molar-refractivity contribution in [3.8, 4) is 0 Å². The Hall–Kier alpha value is -0.470. The van der Waals surface area contributed by atoms with E-state index in [-0.39, 0.29) is 0 Å². The van der Waals surface area contributed by atoms with Crippen LogP contribution in [0.2, 0.25) is 0 Å². The predicted octanol–water partition coefficient (Wildman–Crippen LogP) is 4.14. The molecule has 0 aromatic heterocycles. The van der Waals surface area contributed by atoms with Crippen LogP contribution in [0.5, 0.6) is 0 Å². The lowest BCUT2D eigenvalue weighted by Crippen LogP contribution is -2.07. The normalized spacial score (nSPS) is 12.6. The van der Waals surface area contributed by atoms with Crippen LogP contribution in [-0.2, 0) is 17.6 Å². The third kappa shape index (κ3) is 5.60. The van der Waals surface area contributed by atoms with Crippen LogP contribution >= 0.6 is 0 Å². The van der Waals surface area contributed by atoms with Gasteiger partial charge in [-0.2, -0.15) is 0 Å². The Bertz CT molecular complexity index is 312. The van der Waals surface area contributed by atoms with Gasteiger partial charge in [0.05, 0.1) is 0 Å². The van der Waals surface area contributed by atoms with Gasteiger partial charge in [-0.1, -0.05) is 38.8 Å². The van der Waals surface area contributed by atoms with Crippen LogP contribution in [0.25, 0.3) is 0 Å². The molecule has 0 heterocycles. The van der Waals surface area contributed by atoms with Gasteiger partial charge in [0.1, 0.15) is 5.75 Å². The van der Waals surface area contributed by atoms with E-state index < -0.39 is 11.2 Å². The fraction of sp³-hybridized carbons (Fsp3) is 0.533. The molecule has 0 bridgehead atoms. The van der Waals surface area contributed by atoms with Crippen LogP contribution < -0.4 is 0 Å². The molecule has 1 nitrogen and oxygen atoms in total. The molecule has 1 aromatic rings. The molecule has 95 valence electrons. The summed E-state index contributed by atoms with van der Waals surface area (Å²) in [5.74, 6) is 0.798. The minimum absolute atomic E-state index is 0.798. The highest BCUT2D eigenvalue weighted by atomic mass is 32.2. The smallest absolute Gasteiger partial charge is 0.152 e. The van der Waals surface area contributed by atoms with Crippen molar-refractivity contribution in [3.05, 3.63) is 36.8 Å². The van der Waals surface area contributed by atoms with Gasteiger partial charge in [-0.25, -0.2) is 0 Å². The number of hydrogen-bond donors (Lipinski definition) is 0. The zero-order valence-electron chi connectivity index (χ0n) is 10.8. The van der Waals surface area contributed by atoms with Gasteiger partial charge in [-0.15, -0.1) is 0 Å². The lowest BCUT2D eigenvalue weighted by Gasteiger charge is -2.11. The largest absolute Gasteiger partial charge is 0.611 e. The summed E-state index contributed by atoms with van der Waals surface area (Å²) in [6.07, 6.45) is 6.53. The molecule has 0 spiro atoms. The molecule has 0 fully saturated rings. The SMILES string of the molecule is [CH2]CCCc1cccc([S+]([O-])CCCCC)c1. The maximum Gasteiger partial charge on any atom is 0.152 e. The van der Waals surface area contributed by atoms with Crippen molar-refractivity contribution in [3.63, 3.8) is 0 Å². The molecule has 1 aromatic carbocycles. The summed E-state index contributed by atoms with van der Waals surface area (Å²) in [5, 5.41) is 0. The topological polar surface area (TPSA) is 23.1 Å². The number of benzene rings is 1. The lowest BCUT2D eigenvalue weighted by atomic mass is 10.1. The number of rotatable bonds is 8. The zero-order chi connectivity index (χ0) is 12.5. The molecule has 0 saturated carbocycles. The van der Waals surface area contributed by atoms with E-state index in [0.717, 1.165) is 36.3 Å². The molecule has 0 aliphatic heterocycles. The van der Waals surface area contributed by atoms with Gasteiger partial charge >= 0.3 is 0 Å². The standard InChI is InChI=1S/C15H23OS/c1-3-5-7-12-17(16)15-11-8-10-14(13-15)9-6-4-2/h8,10-11,13H,2-7,9,12H2,1H3. The second-order valence-corrected chi connectivity index (χ2v) is 5.93. The van der Waals surface area contributed by atoms with E-state index in [4.69, 9.17) is 0 Å². The van der Waals surface area contributed by atoms with Crippen LogP contribution in [0.3, 0.4) is 0 Å². The highest BCUT2D eigenvalue weighted by Crippen LogP contribution is 2.16. The minimum atomic E-state index is -0.816. The first-order valence-electron chi connectivity index (χ1n) is 6.54. The third-order valence-corrected chi connectivity index (χ3v) is 4.25. The Morgan fingerprint density at radius 2 is 2.06 bits per heavy atom. The van der Waals surface area contributed by atoms with Gasteiger partial charge < -0.3 is 4.55 Å². The Labute approximate surface area is 109 Å². The summed E-state index contributed by atoms with van der Waals surface area (Å²) >= 11 is -0.816. The monoisotopic (exact) mass is 251 g/mol. The summed E-state index contributed by atoms with van der Waals surface area (Å²) in [6.45, 7) is 6.02. The molecule has 1 atom stereocenters. The van der Waals surface area contributed by atoms with Crippen molar-refractivity contribution < 1.29 is 4.55 Å². The highest BCUT2D eigenvalue weighted by molar-refractivity contribution is 7.91. The third-order valence-electron chi connectivity index (χ3n) is 2.81. The molecule has 17 heavy (non-hydrogen) atoms. The summed E-state index contributed by atoms with van der Waals surface area (Å²) in [4.78, 5) is 0.989. The lowest BCUT2D eigenvalue weighted by molar-refractivity contribution is 0.590. The number of unbranched alkanes of at least 4 members (excludes halogenated alkanes) is 3. The molecular weight excluding hydrogens is 228 g/mol. The van der Waals surface area contributed by atoms with Crippen molar-refractivity contribution >= 4 is 11.2 Å². The van der Waals surface area contributed by atoms with E-state index in [1.165, 1.54) is 18.4 Å². The zero-order valence-corrected chi connectivity index (χ0v) is 11.6. The molecule has 2 heteroatoms. The van der Waals surface area contributed by atoms with Gasteiger partial charge in [0.25, 0.3) is 0 Å². The molecule has 0 N–H and O–H groups in total. The number of aryl methyl sites for hydroxylation is 1. The van der Waals surface area contributed by atoms with Gasteiger partial charge in [-0.3, -0.25) is 0 Å². The Kier molecular flexibility index (Phi) is 7.38. The van der Waals surface area contributed by atoms with E-state index in [1.807, 2.05) is 12.1 Å². The molecule has 0 aliphatic rings. The highest BCUT2D eigenvalue weighted by Gasteiger charge is 2.10. The van der Waals surface area contributed by atoms with E-state index in [9.17, 15) is 4.55 Å². The van der Waals surface area contributed by atoms with Crippen molar-refractivity contribution in [2.45, 2.75) is 50.3 Å². The Balaban J connectivity index is 2.51. The molecule has 0 saturated heterocycles. The minimum Gasteiger partial charge on any atom is -0.611 e. The maximum atomic E-state index is 12.0. The van der Waals surface area contributed by atoms with Crippen LogP contribution in [0, 0.1) is 6.92 Å². The van der Waals surface area contributed by atoms with Crippen LogP contribution in [0.15, 0.2) is 29.2 Å². The number of hydrogen-bond acceptors (Lipinski definition) is 1. The molecule has 1 unspecified atom stereocenters. The van der Waals surface area contributed by atoms with Crippen LogP contribution in [0.4, 0.5) is 0 Å². The predicted molar refractivity (Wildman–Crippen MR) is 75.5 cm³/mol. The van der Waals surface area contributed by atoms with E-state index >= 15 is 0 Å². The first kappa shape index (κ1) is 14.6. The van der Waals surface area contributed by atoms with Gasteiger partial charge in [-0.05, 0) is 54.6 Å². The van der Waals surface area contributed by atoms with Crippen molar-refractivity contribution in [1.82, 2.24) is 0 Å². The second-order valence-electron chi connectivity index (χ2n) is 4.36.